The normalized spacial score (nSPS) is 14.3. The number of amides is 3. The SMILES string of the molecule is O=C(COc1c(Br)cc(Br)c2cccnc12)N1CCNC1=O. The number of rotatable bonds is 3. The Balaban J connectivity index is 1.85. The monoisotopic (exact) mass is 427 g/mol. The molecule has 114 valence electrons. The molecule has 1 aromatic carbocycles. The summed E-state index contributed by atoms with van der Waals surface area (Å²) in [6.45, 7) is 0.609. The van der Waals surface area contributed by atoms with Gasteiger partial charge in [0.05, 0.1) is 4.47 Å². The highest BCUT2D eigenvalue weighted by Gasteiger charge is 2.26. The third-order valence-corrected chi connectivity index (χ3v) is 4.49. The quantitative estimate of drug-likeness (QED) is 0.815. The van der Waals surface area contributed by atoms with Crippen molar-refractivity contribution in [1.82, 2.24) is 15.2 Å². The van der Waals surface area contributed by atoms with Crippen molar-refractivity contribution < 1.29 is 14.3 Å². The summed E-state index contributed by atoms with van der Waals surface area (Å²) in [6, 6.07) is 5.18. The molecule has 1 aliphatic rings. The molecule has 22 heavy (non-hydrogen) atoms. The molecule has 2 heterocycles. The maximum absolute atomic E-state index is 12.0. The highest BCUT2D eigenvalue weighted by Crippen LogP contribution is 2.37. The molecule has 0 aliphatic carbocycles. The smallest absolute Gasteiger partial charge is 0.324 e. The third kappa shape index (κ3) is 2.80. The van der Waals surface area contributed by atoms with E-state index in [0.717, 1.165) is 14.8 Å². The number of hydrogen-bond acceptors (Lipinski definition) is 4. The van der Waals surface area contributed by atoms with Gasteiger partial charge in [-0.1, -0.05) is 22.0 Å². The summed E-state index contributed by atoms with van der Waals surface area (Å²) in [5.74, 6) is 0.0978. The van der Waals surface area contributed by atoms with Crippen molar-refractivity contribution in [1.29, 1.82) is 0 Å². The number of ether oxygens (including phenoxy) is 1. The molecule has 6 nitrogen and oxygen atoms in total. The number of urea groups is 1. The van der Waals surface area contributed by atoms with E-state index in [4.69, 9.17) is 4.74 Å². The number of nitrogens with zero attached hydrogens (tertiary/aromatic N) is 2. The Morgan fingerprint density at radius 1 is 1.41 bits per heavy atom. The molecule has 0 atom stereocenters. The van der Waals surface area contributed by atoms with Crippen LogP contribution in [0.1, 0.15) is 0 Å². The van der Waals surface area contributed by atoms with E-state index in [0.29, 0.717) is 28.8 Å². The van der Waals surface area contributed by atoms with Gasteiger partial charge < -0.3 is 10.1 Å². The first-order chi connectivity index (χ1) is 10.6. The molecule has 3 amide bonds. The first kappa shape index (κ1) is 15.2. The Morgan fingerprint density at radius 3 is 2.95 bits per heavy atom. The number of aromatic nitrogens is 1. The van der Waals surface area contributed by atoms with Gasteiger partial charge in [-0.15, -0.1) is 0 Å². The summed E-state index contributed by atoms with van der Waals surface area (Å²) in [5.41, 5.74) is 0.641. The predicted octanol–water partition coefficient (Wildman–Crippen LogP) is 2.69. The first-order valence-electron chi connectivity index (χ1n) is 6.51. The number of carbonyl (C=O) groups excluding carboxylic acids is 2. The van der Waals surface area contributed by atoms with Crippen LogP contribution in [-0.4, -0.2) is 41.5 Å². The fourth-order valence-electron chi connectivity index (χ4n) is 2.21. The van der Waals surface area contributed by atoms with Crippen LogP contribution in [0.25, 0.3) is 10.9 Å². The van der Waals surface area contributed by atoms with Crippen molar-refractivity contribution >= 4 is 54.7 Å². The zero-order chi connectivity index (χ0) is 15.7. The number of pyridine rings is 1. The van der Waals surface area contributed by atoms with Crippen LogP contribution in [0.4, 0.5) is 4.79 Å². The van der Waals surface area contributed by atoms with Crippen LogP contribution in [0.3, 0.4) is 0 Å². The van der Waals surface area contributed by atoms with Gasteiger partial charge in [0, 0.05) is 29.1 Å². The fraction of sp³-hybridized carbons (Fsp3) is 0.214. The van der Waals surface area contributed by atoms with Crippen molar-refractivity contribution in [2.45, 2.75) is 0 Å². The van der Waals surface area contributed by atoms with Gasteiger partial charge in [0.1, 0.15) is 5.52 Å². The number of benzene rings is 1. The summed E-state index contributed by atoms with van der Waals surface area (Å²) in [7, 11) is 0. The van der Waals surface area contributed by atoms with E-state index < -0.39 is 0 Å². The van der Waals surface area contributed by atoms with Gasteiger partial charge in [-0.3, -0.25) is 14.7 Å². The second kappa shape index (κ2) is 6.21. The lowest BCUT2D eigenvalue weighted by atomic mass is 10.2. The predicted molar refractivity (Wildman–Crippen MR) is 87.7 cm³/mol. The fourth-order valence-corrected chi connectivity index (χ4v) is 3.59. The Morgan fingerprint density at radius 2 is 2.23 bits per heavy atom. The molecule has 2 aromatic rings. The minimum absolute atomic E-state index is 0.223. The zero-order valence-corrected chi connectivity index (χ0v) is 14.5. The van der Waals surface area contributed by atoms with Crippen LogP contribution < -0.4 is 10.1 Å². The van der Waals surface area contributed by atoms with E-state index in [9.17, 15) is 9.59 Å². The molecule has 0 unspecified atom stereocenters. The zero-order valence-electron chi connectivity index (χ0n) is 11.3. The number of carbonyl (C=O) groups is 2. The molecule has 1 saturated heterocycles. The van der Waals surface area contributed by atoms with Gasteiger partial charge in [0.2, 0.25) is 0 Å². The molecule has 0 spiro atoms. The lowest BCUT2D eigenvalue weighted by Gasteiger charge is -2.15. The molecule has 0 radical (unpaired) electrons. The van der Waals surface area contributed by atoms with E-state index >= 15 is 0 Å². The third-order valence-electron chi connectivity index (χ3n) is 3.25. The Kier molecular flexibility index (Phi) is 4.30. The van der Waals surface area contributed by atoms with Gasteiger partial charge in [-0.05, 0) is 28.1 Å². The summed E-state index contributed by atoms with van der Waals surface area (Å²) >= 11 is 6.88. The average molecular weight is 429 g/mol. The number of imide groups is 1. The second-order valence-electron chi connectivity index (χ2n) is 4.63. The van der Waals surface area contributed by atoms with E-state index in [1.165, 1.54) is 0 Å². The summed E-state index contributed by atoms with van der Waals surface area (Å²) in [6.07, 6.45) is 1.66. The molecule has 0 saturated carbocycles. The van der Waals surface area contributed by atoms with Crippen LogP contribution in [0, 0.1) is 0 Å². The second-order valence-corrected chi connectivity index (χ2v) is 6.34. The lowest BCUT2D eigenvalue weighted by Crippen LogP contribution is -2.37. The van der Waals surface area contributed by atoms with Gasteiger partial charge in [0.15, 0.2) is 12.4 Å². The van der Waals surface area contributed by atoms with Crippen LogP contribution in [-0.2, 0) is 4.79 Å². The van der Waals surface area contributed by atoms with Gasteiger partial charge in [0.25, 0.3) is 5.91 Å². The van der Waals surface area contributed by atoms with E-state index in [1.54, 1.807) is 6.20 Å². The van der Waals surface area contributed by atoms with Gasteiger partial charge >= 0.3 is 6.03 Å². The maximum Gasteiger partial charge on any atom is 0.324 e. The molecule has 1 aromatic heterocycles. The van der Waals surface area contributed by atoms with E-state index in [-0.39, 0.29) is 18.5 Å². The summed E-state index contributed by atoms with van der Waals surface area (Å²) in [4.78, 5) is 28.9. The number of fused-ring (bicyclic) bond motifs is 1. The highest BCUT2D eigenvalue weighted by atomic mass is 79.9. The molecule has 0 bridgehead atoms. The average Bonchev–Trinajstić information content (AvgIpc) is 2.93. The number of nitrogens with one attached hydrogen (secondary N) is 1. The van der Waals surface area contributed by atoms with Crippen LogP contribution >= 0.6 is 31.9 Å². The Labute approximate surface area is 143 Å². The summed E-state index contributed by atoms with van der Waals surface area (Å²) in [5, 5.41) is 3.46. The van der Waals surface area contributed by atoms with Crippen molar-refractivity contribution in [2.75, 3.05) is 19.7 Å². The van der Waals surface area contributed by atoms with Crippen molar-refractivity contribution in [3.63, 3.8) is 0 Å². The van der Waals surface area contributed by atoms with Crippen molar-refractivity contribution in [2.24, 2.45) is 0 Å². The number of halogens is 2. The molecular weight excluding hydrogens is 418 g/mol. The first-order valence-corrected chi connectivity index (χ1v) is 8.10. The molecule has 8 heteroatoms. The van der Waals surface area contributed by atoms with Crippen LogP contribution in [0.15, 0.2) is 33.3 Å². The van der Waals surface area contributed by atoms with Crippen molar-refractivity contribution in [3.8, 4) is 5.75 Å². The Bertz CT molecular complexity index is 766. The van der Waals surface area contributed by atoms with Crippen LogP contribution in [0.5, 0.6) is 5.75 Å². The summed E-state index contributed by atoms with van der Waals surface area (Å²) < 4.78 is 7.19. The number of hydrogen-bond donors (Lipinski definition) is 1. The lowest BCUT2D eigenvalue weighted by molar-refractivity contribution is -0.129. The molecule has 1 N–H and O–H groups in total. The van der Waals surface area contributed by atoms with E-state index in [2.05, 4.69) is 42.2 Å². The van der Waals surface area contributed by atoms with E-state index in [1.807, 2.05) is 18.2 Å². The van der Waals surface area contributed by atoms with Crippen LogP contribution in [0.2, 0.25) is 0 Å². The minimum Gasteiger partial charge on any atom is -0.480 e. The Hall–Kier alpha value is -1.67. The van der Waals surface area contributed by atoms with Crippen molar-refractivity contribution in [3.05, 3.63) is 33.3 Å². The standard InChI is InChI=1S/C14H11Br2N3O3/c15-9-6-10(16)13(12-8(9)2-1-3-17-12)22-7-11(20)19-5-4-18-14(19)21/h1-3,6H,4-5,7H2,(H,18,21). The molecular formula is C14H11Br2N3O3. The largest absolute Gasteiger partial charge is 0.480 e. The van der Waals surface area contributed by atoms with Gasteiger partial charge in [-0.2, -0.15) is 0 Å². The molecule has 1 fully saturated rings. The topological polar surface area (TPSA) is 71.5 Å². The van der Waals surface area contributed by atoms with Gasteiger partial charge in [-0.25, -0.2) is 4.79 Å². The molecule has 3 rings (SSSR count). The molecule has 1 aliphatic heterocycles. The highest BCUT2D eigenvalue weighted by molar-refractivity contribution is 9.11. The minimum atomic E-state index is -0.383. The maximum atomic E-state index is 12.0.